The molecule has 0 radical (unpaired) electrons. The molecule has 2 aromatic carbocycles. The second-order valence-corrected chi connectivity index (χ2v) is 8.69. The molecule has 3 amide bonds. The van der Waals surface area contributed by atoms with Crippen LogP contribution in [0.5, 0.6) is 0 Å². The van der Waals surface area contributed by atoms with E-state index in [-0.39, 0.29) is 30.2 Å². The molecule has 9 nitrogen and oxygen atoms in total. The van der Waals surface area contributed by atoms with Gasteiger partial charge in [-0.15, -0.1) is 0 Å². The van der Waals surface area contributed by atoms with Crippen molar-refractivity contribution in [1.29, 1.82) is 0 Å². The van der Waals surface area contributed by atoms with Gasteiger partial charge in [0.2, 0.25) is 11.8 Å². The van der Waals surface area contributed by atoms with E-state index < -0.39 is 12.1 Å². The van der Waals surface area contributed by atoms with Crippen molar-refractivity contribution in [2.24, 2.45) is 0 Å². The molecule has 3 N–H and O–H groups in total. The maximum Gasteiger partial charge on any atom is 0.490 e. The van der Waals surface area contributed by atoms with Crippen molar-refractivity contribution in [3.05, 3.63) is 65.7 Å². The average Bonchev–Trinajstić information content (AvgIpc) is 2.88. The Kier molecular flexibility index (Phi) is 11.3. The van der Waals surface area contributed by atoms with Crippen molar-refractivity contribution in [2.75, 3.05) is 44.6 Å². The van der Waals surface area contributed by atoms with E-state index in [4.69, 9.17) is 9.90 Å². The fourth-order valence-corrected chi connectivity index (χ4v) is 3.73. The van der Waals surface area contributed by atoms with E-state index in [0.717, 1.165) is 18.7 Å². The van der Waals surface area contributed by atoms with Crippen molar-refractivity contribution in [1.82, 2.24) is 15.1 Å². The number of hydrogen-bond donors (Lipinski definition) is 3. The first-order valence-corrected chi connectivity index (χ1v) is 11.9. The number of aliphatic carboxylic acids is 1. The molecule has 0 spiro atoms. The number of rotatable bonds is 7. The first-order chi connectivity index (χ1) is 17.9. The van der Waals surface area contributed by atoms with Crippen molar-refractivity contribution >= 4 is 29.4 Å². The molecule has 0 saturated carbocycles. The van der Waals surface area contributed by atoms with E-state index in [0.29, 0.717) is 30.9 Å². The molecular weight excluding hydrogens is 505 g/mol. The number of piperazine rings is 1. The smallest absolute Gasteiger partial charge is 0.475 e. The van der Waals surface area contributed by atoms with Crippen LogP contribution in [0.2, 0.25) is 0 Å². The third-order valence-electron chi connectivity index (χ3n) is 5.62. The molecule has 1 heterocycles. The lowest BCUT2D eigenvalue weighted by Gasteiger charge is -2.31. The molecule has 1 unspecified atom stereocenters. The van der Waals surface area contributed by atoms with Crippen LogP contribution in [0.3, 0.4) is 0 Å². The lowest BCUT2D eigenvalue weighted by molar-refractivity contribution is -0.192. The minimum absolute atomic E-state index is 0.0281. The molecule has 1 aliphatic heterocycles. The Morgan fingerprint density at radius 2 is 1.66 bits per heavy atom. The van der Waals surface area contributed by atoms with Crippen molar-refractivity contribution < 1.29 is 37.5 Å². The van der Waals surface area contributed by atoms with Gasteiger partial charge in [0.25, 0.3) is 5.91 Å². The van der Waals surface area contributed by atoms with E-state index >= 15 is 0 Å². The summed E-state index contributed by atoms with van der Waals surface area (Å²) in [6.07, 6.45) is -5.08. The van der Waals surface area contributed by atoms with Crippen LogP contribution < -0.4 is 10.6 Å². The third-order valence-corrected chi connectivity index (χ3v) is 5.62. The zero-order valence-electron chi connectivity index (χ0n) is 21.1. The monoisotopic (exact) mass is 536 g/mol. The van der Waals surface area contributed by atoms with Gasteiger partial charge in [-0.25, -0.2) is 4.79 Å². The topological polar surface area (TPSA) is 119 Å². The van der Waals surface area contributed by atoms with Crippen LogP contribution >= 0.6 is 0 Å². The Morgan fingerprint density at radius 3 is 2.21 bits per heavy atom. The summed E-state index contributed by atoms with van der Waals surface area (Å²) in [5.74, 6) is -3.16. The van der Waals surface area contributed by atoms with E-state index in [2.05, 4.69) is 17.6 Å². The second-order valence-electron chi connectivity index (χ2n) is 8.69. The zero-order chi connectivity index (χ0) is 28.3. The van der Waals surface area contributed by atoms with Gasteiger partial charge in [0.05, 0.1) is 0 Å². The van der Waals surface area contributed by atoms with Gasteiger partial charge in [-0.1, -0.05) is 43.3 Å². The maximum atomic E-state index is 13.4. The number of amides is 3. The molecule has 1 atom stereocenters. The first kappa shape index (κ1) is 30.3. The molecule has 0 aliphatic carbocycles. The van der Waals surface area contributed by atoms with Crippen LogP contribution in [0.15, 0.2) is 54.6 Å². The molecule has 0 bridgehead atoms. The number of nitrogens with one attached hydrogen (secondary N) is 2. The molecule has 1 aliphatic rings. The highest BCUT2D eigenvalue weighted by molar-refractivity contribution is 5.98. The number of carbonyl (C=O) groups is 4. The standard InChI is InChI=1S/C24H30N4O3.C2HF3O2/c1-18(20-7-4-3-5-8-20)16-28(17-23(30)27-13-11-25-12-14-27)24(31)21-9-6-10-22(15-21)26-19(2)29;3-2(4,5)1(6)7/h3-10,15,18,25H,11-14,16-17H2,1-2H3,(H,26,29);(H,6,7). The number of hydrogen-bond acceptors (Lipinski definition) is 5. The molecule has 206 valence electrons. The highest BCUT2D eigenvalue weighted by Crippen LogP contribution is 2.19. The number of carboxylic acid groups (broad SMARTS) is 1. The number of carbonyl (C=O) groups excluding carboxylic acids is 3. The van der Waals surface area contributed by atoms with Crippen LogP contribution in [-0.4, -0.2) is 84.0 Å². The van der Waals surface area contributed by atoms with E-state index in [1.165, 1.54) is 6.92 Å². The largest absolute Gasteiger partial charge is 0.490 e. The Hall–Kier alpha value is -3.93. The lowest BCUT2D eigenvalue weighted by atomic mass is 10.00. The van der Waals surface area contributed by atoms with Gasteiger partial charge < -0.3 is 25.5 Å². The van der Waals surface area contributed by atoms with Crippen molar-refractivity contribution in [3.8, 4) is 0 Å². The van der Waals surface area contributed by atoms with Gasteiger partial charge >= 0.3 is 12.1 Å². The second kappa shape index (κ2) is 14.1. The van der Waals surface area contributed by atoms with Gasteiger partial charge in [-0.3, -0.25) is 14.4 Å². The van der Waals surface area contributed by atoms with Crippen LogP contribution in [0.25, 0.3) is 0 Å². The summed E-state index contributed by atoms with van der Waals surface area (Å²) < 4.78 is 31.7. The third kappa shape index (κ3) is 9.85. The fraction of sp³-hybridized carbons (Fsp3) is 0.385. The predicted octanol–water partition coefficient (Wildman–Crippen LogP) is 2.96. The average molecular weight is 537 g/mol. The number of anilines is 1. The van der Waals surface area contributed by atoms with Crippen LogP contribution in [0.4, 0.5) is 18.9 Å². The number of halogens is 3. The lowest BCUT2D eigenvalue weighted by Crippen LogP contribution is -2.50. The molecule has 1 saturated heterocycles. The summed E-state index contributed by atoms with van der Waals surface area (Å²) >= 11 is 0. The normalized spacial score (nSPS) is 14.0. The molecular formula is C26H31F3N4O5. The number of nitrogens with zero attached hydrogens (tertiary/aromatic N) is 2. The maximum absolute atomic E-state index is 13.4. The molecule has 1 fully saturated rings. The molecule has 2 aromatic rings. The Morgan fingerprint density at radius 1 is 1.05 bits per heavy atom. The van der Waals surface area contributed by atoms with E-state index in [1.54, 1.807) is 34.1 Å². The number of alkyl halides is 3. The molecule has 0 aromatic heterocycles. The Labute approximate surface area is 218 Å². The first-order valence-electron chi connectivity index (χ1n) is 11.9. The minimum Gasteiger partial charge on any atom is -0.475 e. The summed E-state index contributed by atoms with van der Waals surface area (Å²) in [7, 11) is 0. The summed E-state index contributed by atoms with van der Waals surface area (Å²) in [4.78, 5) is 50.0. The fourth-order valence-electron chi connectivity index (χ4n) is 3.73. The van der Waals surface area contributed by atoms with Crippen LogP contribution in [0, 0.1) is 0 Å². The summed E-state index contributed by atoms with van der Waals surface area (Å²) in [6.45, 7) is 6.75. The minimum atomic E-state index is -5.08. The van der Waals surface area contributed by atoms with Crippen LogP contribution in [0.1, 0.15) is 35.7 Å². The SMILES string of the molecule is CC(=O)Nc1cccc(C(=O)N(CC(=O)N2CCNCC2)CC(C)c2ccccc2)c1.O=C(O)C(F)(F)F. The predicted molar refractivity (Wildman–Crippen MR) is 135 cm³/mol. The van der Waals surface area contributed by atoms with Gasteiger partial charge in [-0.05, 0) is 29.7 Å². The molecule has 3 rings (SSSR count). The van der Waals surface area contributed by atoms with Gasteiger partial charge in [0.15, 0.2) is 0 Å². The van der Waals surface area contributed by atoms with Gasteiger partial charge in [-0.2, -0.15) is 13.2 Å². The highest BCUT2D eigenvalue weighted by Gasteiger charge is 2.38. The Balaban J connectivity index is 0.000000638. The zero-order valence-corrected chi connectivity index (χ0v) is 21.1. The van der Waals surface area contributed by atoms with Gasteiger partial charge in [0.1, 0.15) is 6.54 Å². The van der Waals surface area contributed by atoms with E-state index in [9.17, 15) is 27.6 Å². The highest BCUT2D eigenvalue weighted by atomic mass is 19.4. The van der Waals surface area contributed by atoms with Crippen LogP contribution in [-0.2, 0) is 14.4 Å². The number of carboxylic acids is 1. The summed E-state index contributed by atoms with van der Waals surface area (Å²) in [5, 5.41) is 13.1. The summed E-state index contributed by atoms with van der Waals surface area (Å²) in [6, 6.07) is 16.8. The Bertz CT molecular complexity index is 1110. The van der Waals surface area contributed by atoms with Crippen molar-refractivity contribution in [2.45, 2.75) is 25.9 Å². The quantitative estimate of drug-likeness (QED) is 0.501. The number of benzene rings is 2. The molecule has 12 heteroatoms. The van der Waals surface area contributed by atoms with Gasteiger partial charge in [0, 0.05) is 50.9 Å². The summed E-state index contributed by atoms with van der Waals surface area (Å²) in [5.41, 5.74) is 2.12. The van der Waals surface area contributed by atoms with E-state index in [1.807, 2.05) is 30.3 Å². The van der Waals surface area contributed by atoms with Crippen molar-refractivity contribution in [3.63, 3.8) is 0 Å². The molecule has 38 heavy (non-hydrogen) atoms.